The summed E-state index contributed by atoms with van der Waals surface area (Å²) in [5, 5.41) is 4.12. The highest BCUT2D eigenvalue weighted by Crippen LogP contribution is 2.20. The van der Waals surface area contributed by atoms with Crippen molar-refractivity contribution in [1.29, 1.82) is 0 Å². The van der Waals surface area contributed by atoms with Crippen LogP contribution < -0.4 is 0 Å². The molecule has 0 aliphatic heterocycles. The first-order chi connectivity index (χ1) is 8.18. The van der Waals surface area contributed by atoms with Crippen LogP contribution in [0.1, 0.15) is 42.0 Å². The summed E-state index contributed by atoms with van der Waals surface area (Å²) in [5.41, 5.74) is 1.34. The second-order valence-corrected chi connectivity index (χ2v) is 4.27. The van der Waals surface area contributed by atoms with Crippen LogP contribution >= 0.6 is 0 Å². The van der Waals surface area contributed by atoms with Gasteiger partial charge in [0.15, 0.2) is 5.78 Å². The second kappa shape index (κ2) is 4.96. The zero-order chi connectivity index (χ0) is 14.1. The summed E-state index contributed by atoms with van der Waals surface area (Å²) in [5.74, 6) is -5.44. The normalized spacial score (nSPS) is 11.7. The molecule has 0 fully saturated rings. The Hall–Kier alpha value is -1.59. The number of aromatic nitrogens is 2. The largest absolute Gasteiger partial charge is 0.303 e. The van der Waals surface area contributed by atoms with Crippen LogP contribution in [0.3, 0.4) is 0 Å². The molecule has 0 atom stereocenters. The number of hydrogen-bond donors (Lipinski definition) is 0. The predicted molar refractivity (Wildman–Crippen MR) is 62.0 cm³/mol. The number of rotatable bonds is 5. The molecule has 0 aromatic carbocycles. The molecule has 18 heavy (non-hydrogen) atoms. The molecular weight excluding hydrogens is 242 g/mol. The van der Waals surface area contributed by atoms with E-state index in [2.05, 4.69) is 5.10 Å². The summed E-state index contributed by atoms with van der Waals surface area (Å²) < 4.78 is 27.1. The van der Waals surface area contributed by atoms with Gasteiger partial charge < -0.3 is 0 Å². The average Bonchev–Trinajstić information content (AvgIpc) is 2.52. The van der Waals surface area contributed by atoms with Gasteiger partial charge in [-0.25, -0.2) is 0 Å². The number of carbonyl (C=O) groups is 2. The fourth-order valence-electron chi connectivity index (χ4n) is 1.80. The zero-order valence-corrected chi connectivity index (χ0v) is 10.9. The van der Waals surface area contributed by atoms with Crippen molar-refractivity contribution in [3.8, 4) is 0 Å². The summed E-state index contributed by atoms with van der Waals surface area (Å²) in [7, 11) is 0. The van der Waals surface area contributed by atoms with E-state index < -0.39 is 23.9 Å². The van der Waals surface area contributed by atoms with E-state index in [0.29, 0.717) is 24.9 Å². The van der Waals surface area contributed by atoms with Gasteiger partial charge in [-0.3, -0.25) is 14.3 Å². The maximum absolute atomic E-state index is 12.7. The standard InChI is InChI=1S/C12H16F2N2O2/c1-5-16-8(3)11(7(2)15-16)9(17)6-10(18)12(4,13)14/h5-6H2,1-4H3. The van der Waals surface area contributed by atoms with Gasteiger partial charge in [-0.1, -0.05) is 0 Å². The molecule has 0 amide bonds. The molecule has 0 unspecified atom stereocenters. The van der Waals surface area contributed by atoms with Gasteiger partial charge in [0.2, 0.25) is 5.78 Å². The van der Waals surface area contributed by atoms with Crippen molar-refractivity contribution in [2.45, 2.75) is 46.6 Å². The number of carbonyl (C=O) groups excluding carboxylic acids is 2. The fraction of sp³-hybridized carbons (Fsp3) is 0.583. The lowest BCUT2D eigenvalue weighted by molar-refractivity contribution is -0.139. The molecule has 0 aliphatic carbocycles. The number of hydrogen-bond acceptors (Lipinski definition) is 3. The predicted octanol–water partition coefficient (Wildman–Crippen LogP) is 2.32. The number of nitrogens with zero attached hydrogens (tertiary/aromatic N) is 2. The molecular formula is C12H16F2N2O2. The summed E-state index contributed by atoms with van der Waals surface area (Å²) >= 11 is 0. The third-order valence-corrected chi connectivity index (χ3v) is 2.77. The van der Waals surface area contributed by atoms with Crippen LogP contribution in [0.25, 0.3) is 0 Å². The van der Waals surface area contributed by atoms with E-state index in [4.69, 9.17) is 0 Å². The van der Waals surface area contributed by atoms with E-state index >= 15 is 0 Å². The topological polar surface area (TPSA) is 52.0 Å². The van der Waals surface area contributed by atoms with E-state index in [1.807, 2.05) is 6.92 Å². The van der Waals surface area contributed by atoms with Gasteiger partial charge in [-0.15, -0.1) is 0 Å². The van der Waals surface area contributed by atoms with Crippen molar-refractivity contribution in [3.05, 3.63) is 17.0 Å². The number of ketones is 2. The number of aryl methyl sites for hydroxylation is 2. The molecule has 1 rings (SSSR count). The Morgan fingerprint density at radius 2 is 1.89 bits per heavy atom. The third kappa shape index (κ3) is 2.80. The summed E-state index contributed by atoms with van der Waals surface area (Å²) in [6.07, 6.45) is -0.791. The van der Waals surface area contributed by atoms with Crippen LogP contribution in [0.15, 0.2) is 0 Å². The van der Waals surface area contributed by atoms with E-state index in [1.165, 1.54) is 0 Å². The van der Waals surface area contributed by atoms with Gasteiger partial charge in [-0.05, 0) is 20.8 Å². The first kappa shape index (κ1) is 14.5. The number of alkyl halides is 2. The SMILES string of the molecule is CCn1nc(C)c(C(=O)CC(=O)C(C)(F)F)c1C. The quantitative estimate of drug-likeness (QED) is 0.601. The molecule has 0 N–H and O–H groups in total. The second-order valence-electron chi connectivity index (χ2n) is 4.27. The van der Waals surface area contributed by atoms with Crippen molar-refractivity contribution in [2.75, 3.05) is 0 Å². The molecule has 1 aromatic heterocycles. The summed E-state index contributed by atoms with van der Waals surface area (Å²) in [6, 6.07) is 0. The van der Waals surface area contributed by atoms with Crippen LogP contribution in [-0.2, 0) is 11.3 Å². The van der Waals surface area contributed by atoms with Crippen LogP contribution in [0.2, 0.25) is 0 Å². The lowest BCUT2D eigenvalue weighted by Crippen LogP contribution is -2.27. The first-order valence-electron chi connectivity index (χ1n) is 5.66. The maximum atomic E-state index is 12.7. The molecule has 4 nitrogen and oxygen atoms in total. The van der Waals surface area contributed by atoms with Gasteiger partial charge in [-0.2, -0.15) is 13.9 Å². The van der Waals surface area contributed by atoms with Crippen LogP contribution in [0, 0.1) is 13.8 Å². The third-order valence-electron chi connectivity index (χ3n) is 2.77. The smallest absolute Gasteiger partial charge is 0.294 e. The van der Waals surface area contributed by atoms with E-state index in [9.17, 15) is 18.4 Å². The Morgan fingerprint density at radius 1 is 1.33 bits per heavy atom. The van der Waals surface area contributed by atoms with Gasteiger partial charge in [0.05, 0.1) is 17.7 Å². The lowest BCUT2D eigenvalue weighted by Gasteiger charge is -2.08. The molecule has 1 heterocycles. The van der Waals surface area contributed by atoms with Crippen molar-refractivity contribution < 1.29 is 18.4 Å². The van der Waals surface area contributed by atoms with Crippen LogP contribution in [0.4, 0.5) is 8.78 Å². The molecule has 0 saturated heterocycles. The Labute approximate surface area is 104 Å². The van der Waals surface area contributed by atoms with Gasteiger partial charge in [0, 0.05) is 19.2 Å². The maximum Gasteiger partial charge on any atom is 0.303 e. The molecule has 0 bridgehead atoms. The van der Waals surface area contributed by atoms with Gasteiger partial charge in [0.25, 0.3) is 0 Å². The molecule has 100 valence electrons. The molecule has 1 aromatic rings. The monoisotopic (exact) mass is 258 g/mol. The van der Waals surface area contributed by atoms with E-state index in [1.54, 1.807) is 18.5 Å². The highest BCUT2D eigenvalue weighted by molar-refractivity contribution is 6.10. The highest BCUT2D eigenvalue weighted by Gasteiger charge is 2.34. The summed E-state index contributed by atoms with van der Waals surface area (Å²) in [4.78, 5) is 23.0. The zero-order valence-electron chi connectivity index (χ0n) is 10.9. The average molecular weight is 258 g/mol. The summed E-state index contributed by atoms with van der Waals surface area (Å²) in [6.45, 7) is 6.25. The van der Waals surface area contributed by atoms with E-state index in [0.717, 1.165) is 0 Å². The van der Waals surface area contributed by atoms with Crippen molar-refractivity contribution in [1.82, 2.24) is 9.78 Å². The van der Waals surface area contributed by atoms with Crippen molar-refractivity contribution in [3.63, 3.8) is 0 Å². The van der Waals surface area contributed by atoms with E-state index in [-0.39, 0.29) is 5.56 Å². The Balaban J connectivity index is 2.99. The first-order valence-corrected chi connectivity index (χ1v) is 5.66. The fourth-order valence-corrected chi connectivity index (χ4v) is 1.80. The highest BCUT2D eigenvalue weighted by atomic mass is 19.3. The molecule has 6 heteroatoms. The lowest BCUT2D eigenvalue weighted by atomic mass is 10.0. The molecule has 0 spiro atoms. The Bertz CT molecular complexity index is 487. The van der Waals surface area contributed by atoms with Gasteiger partial charge >= 0.3 is 5.92 Å². The van der Waals surface area contributed by atoms with Crippen molar-refractivity contribution in [2.24, 2.45) is 0 Å². The number of Topliss-reactive ketones (excluding diaryl/α,β-unsaturated/α-hetero) is 2. The number of halogens is 2. The van der Waals surface area contributed by atoms with Crippen molar-refractivity contribution >= 4 is 11.6 Å². The molecule has 0 saturated carbocycles. The minimum absolute atomic E-state index is 0.273. The van der Waals surface area contributed by atoms with Crippen LogP contribution in [-0.4, -0.2) is 27.3 Å². The minimum atomic E-state index is -3.47. The Kier molecular flexibility index (Phi) is 3.98. The molecule has 0 aliphatic rings. The minimum Gasteiger partial charge on any atom is -0.294 e. The van der Waals surface area contributed by atoms with Crippen LogP contribution in [0.5, 0.6) is 0 Å². The Morgan fingerprint density at radius 3 is 2.28 bits per heavy atom. The molecule has 0 radical (unpaired) electrons. The van der Waals surface area contributed by atoms with Gasteiger partial charge in [0.1, 0.15) is 0 Å².